The predicted molar refractivity (Wildman–Crippen MR) is 113 cm³/mol. The van der Waals surface area contributed by atoms with Gasteiger partial charge in [0.25, 0.3) is 11.8 Å². The van der Waals surface area contributed by atoms with Crippen LogP contribution in [0, 0.1) is 5.92 Å². The second-order valence-electron chi connectivity index (χ2n) is 7.90. The van der Waals surface area contributed by atoms with Crippen LogP contribution in [0.25, 0.3) is 0 Å². The van der Waals surface area contributed by atoms with Crippen molar-refractivity contribution >= 4 is 6.02 Å². The third-order valence-corrected chi connectivity index (χ3v) is 5.77. The lowest BCUT2D eigenvalue weighted by molar-refractivity contribution is -0.316. The van der Waals surface area contributed by atoms with Gasteiger partial charge < -0.3 is 19.5 Å². The van der Waals surface area contributed by atoms with Crippen molar-refractivity contribution < 1.29 is 18.6 Å². The molecule has 30 heavy (non-hydrogen) atoms. The van der Waals surface area contributed by atoms with E-state index in [0.29, 0.717) is 45.0 Å². The van der Waals surface area contributed by atoms with E-state index in [1.54, 1.807) is 0 Å². The number of aliphatic imine (C=N–C) groups is 1. The van der Waals surface area contributed by atoms with Crippen molar-refractivity contribution in [3.05, 3.63) is 71.8 Å². The fraction of sp³-hybridized carbons (Fsp3) is 0.458. The van der Waals surface area contributed by atoms with Crippen LogP contribution >= 0.6 is 0 Å². The maximum Gasteiger partial charge on any atom is 0.290 e. The summed E-state index contributed by atoms with van der Waals surface area (Å²) in [4.78, 5) is 4.81. The summed E-state index contributed by atoms with van der Waals surface area (Å²) in [7, 11) is 0. The molecule has 2 aromatic carbocycles. The highest BCUT2D eigenvalue weighted by atomic mass is 19.1. The zero-order valence-corrected chi connectivity index (χ0v) is 17.4. The molecule has 0 radical (unpaired) electrons. The van der Waals surface area contributed by atoms with E-state index in [1.165, 1.54) is 0 Å². The molecule has 0 bridgehead atoms. The molecule has 0 saturated heterocycles. The minimum Gasteiger partial charge on any atom is -0.427 e. The molecule has 160 valence electrons. The Bertz CT molecular complexity index is 848. The molecule has 6 heteroatoms. The summed E-state index contributed by atoms with van der Waals surface area (Å²) < 4.78 is 32.8. The van der Waals surface area contributed by atoms with Crippen LogP contribution in [0.2, 0.25) is 0 Å². The van der Waals surface area contributed by atoms with Gasteiger partial charge in [-0.3, -0.25) is 4.39 Å². The van der Waals surface area contributed by atoms with Gasteiger partial charge in [0.1, 0.15) is 0 Å². The molecule has 1 aliphatic carbocycles. The second kappa shape index (κ2) is 9.14. The fourth-order valence-corrected chi connectivity index (χ4v) is 4.16. The quantitative estimate of drug-likeness (QED) is 0.690. The SMILES string of the molecule is CCNC1=NC2(OCc3ccccc3)CCC(CF)CC2(OCc2ccccc2)O1. The van der Waals surface area contributed by atoms with Crippen molar-refractivity contribution in [2.75, 3.05) is 13.2 Å². The first-order valence-electron chi connectivity index (χ1n) is 10.6. The number of alkyl halides is 1. The molecule has 0 aromatic heterocycles. The number of hydrogen-bond acceptors (Lipinski definition) is 5. The molecule has 0 spiro atoms. The lowest BCUT2D eigenvalue weighted by Crippen LogP contribution is -2.59. The van der Waals surface area contributed by atoms with Gasteiger partial charge in [0.15, 0.2) is 0 Å². The van der Waals surface area contributed by atoms with E-state index in [0.717, 1.165) is 11.1 Å². The number of rotatable bonds is 8. The Labute approximate surface area is 177 Å². The number of amidine groups is 1. The van der Waals surface area contributed by atoms with Crippen molar-refractivity contribution in [2.45, 2.75) is 50.9 Å². The van der Waals surface area contributed by atoms with Crippen molar-refractivity contribution in [3.63, 3.8) is 0 Å². The van der Waals surface area contributed by atoms with Crippen molar-refractivity contribution in [2.24, 2.45) is 10.9 Å². The monoisotopic (exact) mass is 412 g/mol. The molecule has 1 N–H and O–H groups in total. The summed E-state index contributed by atoms with van der Waals surface area (Å²) in [6.45, 7) is 2.95. The number of nitrogens with zero attached hydrogens (tertiary/aromatic N) is 1. The van der Waals surface area contributed by atoms with E-state index in [2.05, 4.69) is 5.32 Å². The van der Waals surface area contributed by atoms with Crippen LogP contribution in [-0.2, 0) is 27.4 Å². The van der Waals surface area contributed by atoms with Gasteiger partial charge in [-0.15, -0.1) is 0 Å². The number of ether oxygens (including phenoxy) is 3. The molecule has 2 aliphatic rings. The first kappa shape index (κ1) is 20.8. The lowest BCUT2D eigenvalue weighted by atomic mass is 9.79. The van der Waals surface area contributed by atoms with Crippen LogP contribution < -0.4 is 5.32 Å². The maximum atomic E-state index is 13.7. The number of fused-ring (bicyclic) bond motifs is 1. The average molecular weight is 413 g/mol. The number of benzene rings is 2. The second-order valence-corrected chi connectivity index (χ2v) is 7.90. The Morgan fingerprint density at radius 3 is 2.27 bits per heavy atom. The average Bonchev–Trinajstić information content (AvgIpc) is 3.11. The minimum atomic E-state index is -1.16. The standard InChI is InChI=1S/C24H29FN2O3/c1-2-26-22-27-23(28-17-19-9-5-3-6-10-19)14-13-21(16-25)15-24(23,30-22)29-18-20-11-7-4-8-12-20/h3-12,21H,2,13-18H2,1H3,(H,26,27). The predicted octanol–water partition coefficient (Wildman–Crippen LogP) is 4.58. The molecular formula is C24H29FN2O3. The molecule has 1 heterocycles. The molecule has 1 aliphatic heterocycles. The molecule has 0 amide bonds. The summed E-state index contributed by atoms with van der Waals surface area (Å²) in [6, 6.07) is 20.3. The van der Waals surface area contributed by atoms with Crippen LogP contribution in [0.3, 0.4) is 0 Å². The first-order valence-corrected chi connectivity index (χ1v) is 10.6. The summed E-state index contributed by atoms with van der Waals surface area (Å²) >= 11 is 0. The van der Waals surface area contributed by atoms with Gasteiger partial charge in [-0.1, -0.05) is 60.7 Å². The van der Waals surface area contributed by atoms with Crippen LogP contribution in [0.15, 0.2) is 65.7 Å². The summed E-state index contributed by atoms with van der Waals surface area (Å²) in [5, 5.41) is 3.15. The minimum absolute atomic E-state index is 0.148. The third-order valence-electron chi connectivity index (χ3n) is 5.77. The van der Waals surface area contributed by atoms with E-state index >= 15 is 0 Å². The number of halogens is 1. The Kier molecular flexibility index (Phi) is 6.35. The van der Waals surface area contributed by atoms with Crippen LogP contribution in [0.5, 0.6) is 0 Å². The Morgan fingerprint density at radius 1 is 1.03 bits per heavy atom. The molecular weight excluding hydrogens is 383 g/mol. The summed E-state index contributed by atoms with van der Waals surface area (Å²) in [6.07, 6.45) is 1.61. The van der Waals surface area contributed by atoms with Crippen LogP contribution in [0.1, 0.15) is 37.3 Å². The van der Waals surface area contributed by atoms with Crippen molar-refractivity contribution in [1.29, 1.82) is 0 Å². The molecule has 3 unspecified atom stereocenters. The maximum absolute atomic E-state index is 13.7. The normalized spacial score (nSPS) is 27.8. The summed E-state index contributed by atoms with van der Waals surface area (Å²) in [5.41, 5.74) is 1.05. The smallest absolute Gasteiger partial charge is 0.290 e. The molecule has 3 atom stereocenters. The largest absolute Gasteiger partial charge is 0.427 e. The van der Waals surface area contributed by atoms with Gasteiger partial charge >= 0.3 is 0 Å². The highest BCUT2D eigenvalue weighted by molar-refractivity contribution is 5.76. The van der Waals surface area contributed by atoms with E-state index in [4.69, 9.17) is 19.2 Å². The van der Waals surface area contributed by atoms with Gasteiger partial charge in [0, 0.05) is 19.4 Å². The van der Waals surface area contributed by atoms with Crippen molar-refractivity contribution in [3.8, 4) is 0 Å². The van der Waals surface area contributed by atoms with Crippen LogP contribution in [0.4, 0.5) is 4.39 Å². The molecule has 1 saturated carbocycles. The molecule has 1 fully saturated rings. The summed E-state index contributed by atoms with van der Waals surface area (Å²) in [5.74, 6) is -1.31. The fourth-order valence-electron chi connectivity index (χ4n) is 4.16. The van der Waals surface area contributed by atoms with Crippen molar-refractivity contribution in [1.82, 2.24) is 5.32 Å². The molecule has 5 nitrogen and oxygen atoms in total. The van der Waals surface area contributed by atoms with E-state index < -0.39 is 18.2 Å². The Hall–Kier alpha value is -2.44. The van der Waals surface area contributed by atoms with Gasteiger partial charge in [-0.25, -0.2) is 0 Å². The van der Waals surface area contributed by atoms with Gasteiger partial charge in [0.05, 0.1) is 19.9 Å². The Balaban J connectivity index is 1.63. The van der Waals surface area contributed by atoms with E-state index in [-0.39, 0.29) is 5.92 Å². The third kappa shape index (κ3) is 4.20. The Morgan fingerprint density at radius 2 is 1.67 bits per heavy atom. The van der Waals surface area contributed by atoms with Gasteiger partial charge in [-0.05, 0) is 30.4 Å². The van der Waals surface area contributed by atoms with Gasteiger partial charge in [0.2, 0.25) is 5.72 Å². The number of nitrogens with one attached hydrogen (secondary N) is 1. The van der Waals surface area contributed by atoms with Crippen LogP contribution in [-0.4, -0.2) is 30.8 Å². The number of hydrogen-bond donors (Lipinski definition) is 1. The zero-order valence-electron chi connectivity index (χ0n) is 17.4. The van der Waals surface area contributed by atoms with Gasteiger partial charge in [-0.2, -0.15) is 4.99 Å². The lowest BCUT2D eigenvalue weighted by Gasteiger charge is -2.46. The van der Waals surface area contributed by atoms with E-state index in [9.17, 15) is 4.39 Å². The molecule has 2 aromatic rings. The highest BCUT2D eigenvalue weighted by Gasteiger charge is 2.64. The zero-order chi connectivity index (χ0) is 20.9. The molecule has 4 rings (SSSR count). The first-order chi connectivity index (χ1) is 14.7. The topological polar surface area (TPSA) is 52.1 Å². The highest BCUT2D eigenvalue weighted by Crippen LogP contribution is 2.51. The van der Waals surface area contributed by atoms with E-state index in [1.807, 2.05) is 67.6 Å².